The Hall–Kier alpha value is -5.79. The van der Waals surface area contributed by atoms with Crippen molar-refractivity contribution in [1.29, 1.82) is 0 Å². The Bertz CT molecular complexity index is 2300. The maximum absolute atomic E-state index is 12.9. The number of carbonyl (C=O) groups is 5. The van der Waals surface area contributed by atoms with E-state index < -0.39 is 11.9 Å². The molecule has 2 aromatic heterocycles. The number of benzene rings is 2. The second-order valence-corrected chi connectivity index (χ2v) is 16.7. The number of amides is 3. The number of morpholine rings is 1. The molecule has 344 valence electrons. The largest absolute Gasteiger partial charge is 0.473 e. The number of ether oxygens (including phenoxy) is 1. The van der Waals surface area contributed by atoms with E-state index in [0.717, 1.165) is 75.9 Å². The molecule has 0 saturated carbocycles. The molecule has 19 nitrogen and oxygen atoms in total. The first-order valence-corrected chi connectivity index (χ1v) is 21.9. The molecular weight excluding hydrogens is 815 g/mol. The summed E-state index contributed by atoms with van der Waals surface area (Å²) in [6.07, 6.45) is 5.59. The molecule has 0 unspecified atom stereocenters. The van der Waals surface area contributed by atoms with Gasteiger partial charge in [0.05, 0.1) is 35.3 Å². The molecule has 63 heavy (non-hydrogen) atoms. The van der Waals surface area contributed by atoms with E-state index in [2.05, 4.69) is 20.9 Å². The molecule has 0 spiro atoms. The zero-order valence-corrected chi connectivity index (χ0v) is 36.8. The average molecular weight is 878 g/mol. The molecule has 3 saturated heterocycles. The van der Waals surface area contributed by atoms with Crippen LogP contribution in [0.3, 0.4) is 0 Å². The van der Waals surface area contributed by atoms with E-state index in [0.29, 0.717) is 68.7 Å². The van der Waals surface area contributed by atoms with Crippen LogP contribution in [-0.4, -0.2) is 140 Å². The van der Waals surface area contributed by atoms with Crippen molar-refractivity contribution in [3.8, 4) is 0 Å². The fraction of sp³-hybridized carbons (Fsp3) is 0.568. The first kappa shape index (κ1) is 48.2. The molecule has 5 heterocycles. The lowest BCUT2D eigenvalue weighted by molar-refractivity contribution is -0.159. The summed E-state index contributed by atoms with van der Waals surface area (Å²) < 4.78 is 11.2. The monoisotopic (exact) mass is 877 g/mol. The van der Waals surface area contributed by atoms with Crippen LogP contribution in [0.2, 0.25) is 0 Å². The van der Waals surface area contributed by atoms with Gasteiger partial charge in [-0.15, -0.1) is 0 Å². The van der Waals surface area contributed by atoms with Gasteiger partial charge >= 0.3 is 35.4 Å². The van der Waals surface area contributed by atoms with Gasteiger partial charge in [-0.3, -0.25) is 13.9 Å². The van der Waals surface area contributed by atoms with Crippen LogP contribution in [0.1, 0.15) is 78.3 Å². The number of rotatable bonds is 10. The van der Waals surface area contributed by atoms with Crippen LogP contribution < -0.4 is 27.3 Å². The van der Waals surface area contributed by atoms with Crippen molar-refractivity contribution in [3.05, 3.63) is 69.5 Å². The highest BCUT2D eigenvalue weighted by Gasteiger charge is 2.25. The number of hydrogen-bond donors (Lipinski definition) is 5. The molecule has 2 aromatic carbocycles. The van der Waals surface area contributed by atoms with Crippen LogP contribution in [0.4, 0.5) is 9.59 Å². The maximum atomic E-state index is 12.9. The number of aromatic nitrogens is 4. The smallest absolute Gasteiger partial charge is 0.414 e. The van der Waals surface area contributed by atoms with E-state index >= 15 is 0 Å². The topological polar surface area (TPSA) is 231 Å². The maximum Gasteiger partial charge on any atom is 0.414 e. The molecular formula is C44H63N9O10. The average Bonchev–Trinajstić information content (AvgIpc) is 3.76. The third kappa shape index (κ3) is 12.7. The third-order valence-corrected chi connectivity index (χ3v) is 11.7. The number of fused-ring (bicyclic) bond motifs is 2. The zero-order valence-electron chi connectivity index (χ0n) is 36.8. The van der Waals surface area contributed by atoms with Crippen molar-refractivity contribution >= 4 is 52.0 Å². The molecule has 3 fully saturated rings. The molecule has 0 radical (unpaired) electrons. The Balaban J connectivity index is 0.000000222. The van der Waals surface area contributed by atoms with Gasteiger partial charge in [-0.05, 0) is 129 Å². The van der Waals surface area contributed by atoms with Crippen LogP contribution in [0.5, 0.6) is 0 Å². The van der Waals surface area contributed by atoms with E-state index in [4.69, 9.17) is 24.5 Å². The quantitative estimate of drug-likeness (QED) is 0.144. The predicted molar refractivity (Wildman–Crippen MR) is 237 cm³/mol. The lowest BCUT2D eigenvalue weighted by atomic mass is 9.96. The van der Waals surface area contributed by atoms with E-state index in [9.17, 15) is 24.0 Å². The lowest BCUT2D eigenvalue weighted by Gasteiger charge is -2.32. The number of piperidine rings is 2. The van der Waals surface area contributed by atoms with Gasteiger partial charge in [0.25, 0.3) is 0 Å². The molecule has 3 amide bonds. The second kappa shape index (κ2) is 23.1. The van der Waals surface area contributed by atoms with E-state index in [1.54, 1.807) is 9.13 Å². The number of carbonyl (C=O) groups excluding carboxylic acids is 3. The summed E-state index contributed by atoms with van der Waals surface area (Å²) in [5, 5.41) is 24.0. The summed E-state index contributed by atoms with van der Waals surface area (Å²) in [6, 6.07) is 14.2. The third-order valence-electron chi connectivity index (χ3n) is 11.7. The van der Waals surface area contributed by atoms with Crippen molar-refractivity contribution in [2.24, 2.45) is 11.8 Å². The minimum Gasteiger partial charge on any atom is -0.473 e. The second-order valence-electron chi connectivity index (χ2n) is 16.7. The van der Waals surface area contributed by atoms with Gasteiger partial charge < -0.3 is 40.7 Å². The van der Waals surface area contributed by atoms with Gasteiger partial charge in [-0.1, -0.05) is 24.3 Å². The Kier molecular flexibility index (Phi) is 17.7. The van der Waals surface area contributed by atoms with E-state index in [-0.39, 0.29) is 41.4 Å². The Morgan fingerprint density at radius 3 is 1.52 bits per heavy atom. The van der Waals surface area contributed by atoms with Crippen LogP contribution in [0.15, 0.2) is 58.1 Å². The van der Waals surface area contributed by atoms with E-state index in [1.165, 1.54) is 9.13 Å². The minimum atomic E-state index is -1.82. The van der Waals surface area contributed by atoms with Crippen molar-refractivity contribution in [2.75, 3.05) is 72.1 Å². The molecule has 0 bridgehead atoms. The fourth-order valence-corrected chi connectivity index (χ4v) is 8.28. The molecule has 4 aromatic rings. The molecule has 19 heteroatoms. The van der Waals surface area contributed by atoms with Gasteiger partial charge in [-0.25, -0.2) is 37.9 Å². The number of likely N-dealkylation sites (tertiary alicyclic amines) is 1. The van der Waals surface area contributed by atoms with Gasteiger partial charge in [0.2, 0.25) is 5.91 Å². The van der Waals surface area contributed by atoms with E-state index in [1.807, 2.05) is 81.1 Å². The van der Waals surface area contributed by atoms with Crippen LogP contribution in [0, 0.1) is 11.8 Å². The highest BCUT2D eigenvalue weighted by Crippen LogP contribution is 2.20. The van der Waals surface area contributed by atoms with Crippen LogP contribution >= 0.6 is 0 Å². The first-order valence-electron chi connectivity index (χ1n) is 21.9. The first-order chi connectivity index (χ1) is 30.2. The number of nitrogens with zero attached hydrogens (tertiary/aromatic N) is 6. The van der Waals surface area contributed by atoms with Gasteiger partial charge in [0, 0.05) is 44.7 Å². The molecule has 3 aliphatic heterocycles. The number of carboxylic acid groups (broad SMARTS) is 2. The molecule has 5 N–H and O–H groups in total. The summed E-state index contributed by atoms with van der Waals surface area (Å²) in [5.74, 6) is -2.54. The SMILES string of the molecule is CC(C)n1c(=O)n(C(=O)NCC2CCN(CCCC(=O)N3CCOCC3)CC2)c2ccccc21.CC(C)n1c(=O)n(C(=O)NCC2CCNCC2)c2ccccc21.O=C(O)C(=O)O. The van der Waals surface area contributed by atoms with Crippen molar-refractivity contribution in [1.82, 2.24) is 44.0 Å². The summed E-state index contributed by atoms with van der Waals surface area (Å²) in [7, 11) is 0. The number of aliphatic carboxylic acids is 2. The standard InChI is InChI=1S/C25H37N5O4.C17H24N4O2.C2H2O4/c1-19(2)29-21-6-3-4-7-22(21)30(25(29)33)24(32)26-18-20-9-12-27(13-10-20)11-5-8-23(31)28-14-16-34-17-15-28;1-12(2)20-14-5-3-4-6-15(14)21(17(20)23)16(22)19-11-13-7-9-18-10-8-13;3-1(4)2(5)6/h3-4,6-7,19-20H,5,8-18H2,1-2H3,(H,26,32);3-6,12-13,18H,7-11H2,1-2H3,(H,19,22);(H,3,4)(H,5,6). The Morgan fingerprint density at radius 2 is 1.10 bits per heavy atom. The summed E-state index contributed by atoms with van der Waals surface area (Å²) in [4.78, 5) is 85.9. The lowest BCUT2D eigenvalue weighted by Crippen LogP contribution is -2.42. The molecule has 0 atom stereocenters. The Labute approximate surface area is 365 Å². The zero-order chi connectivity index (χ0) is 45.6. The number of carboxylic acids is 2. The number of imidazole rings is 2. The van der Waals surface area contributed by atoms with Crippen molar-refractivity contribution < 1.29 is 38.9 Å². The fourth-order valence-electron chi connectivity index (χ4n) is 8.28. The summed E-state index contributed by atoms with van der Waals surface area (Å²) >= 11 is 0. The summed E-state index contributed by atoms with van der Waals surface area (Å²) in [5.41, 5.74) is 2.30. The number of hydrogen-bond acceptors (Lipinski definition) is 10. The predicted octanol–water partition coefficient (Wildman–Crippen LogP) is 3.39. The molecule has 0 aliphatic carbocycles. The highest BCUT2D eigenvalue weighted by molar-refractivity contribution is 6.27. The summed E-state index contributed by atoms with van der Waals surface area (Å²) in [6.45, 7) is 16.5. The van der Waals surface area contributed by atoms with Crippen LogP contribution in [0.25, 0.3) is 22.1 Å². The van der Waals surface area contributed by atoms with Gasteiger partial charge in [0.1, 0.15) is 0 Å². The molecule has 3 aliphatic rings. The normalized spacial score (nSPS) is 16.3. The van der Waals surface area contributed by atoms with Gasteiger partial charge in [-0.2, -0.15) is 0 Å². The number of para-hydroxylation sites is 4. The minimum absolute atomic E-state index is 0.00543. The Morgan fingerprint density at radius 1 is 0.667 bits per heavy atom. The van der Waals surface area contributed by atoms with Gasteiger partial charge in [0.15, 0.2) is 0 Å². The highest BCUT2D eigenvalue weighted by atomic mass is 16.5. The van der Waals surface area contributed by atoms with Crippen molar-refractivity contribution in [3.63, 3.8) is 0 Å². The molecule has 7 rings (SSSR count). The van der Waals surface area contributed by atoms with Crippen LogP contribution in [-0.2, 0) is 19.1 Å². The number of nitrogens with one attached hydrogen (secondary N) is 3. The van der Waals surface area contributed by atoms with Crippen molar-refractivity contribution in [2.45, 2.75) is 78.3 Å².